The van der Waals surface area contributed by atoms with E-state index in [9.17, 15) is 14.7 Å². The van der Waals surface area contributed by atoms with Crippen LogP contribution in [0.25, 0.3) is 0 Å². The van der Waals surface area contributed by atoms with E-state index in [0.29, 0.717) is 21.9 Å². The molecule has 0 spiro atoms. The van der Waals surface area contributed by atoms with Gasteiger partial charge in [0.15, 0.2) is 6.04 Å². The van der Waals surface area contributed by atoms with Crippen molar-refractivity contribution in [1.29, 1.82) is 0 Å². The number of primary amides is 1. The van der Waals surface area contributed by atoms with Crippen molar-refractivity contribution in [3.63, 3.8) is 0 Å². The van der Waals surface area contributed by atoms with Gasteiger partial charge in [-0.15, -0.1) is 0 Å². The summed E-state index contributed by atoms with van der Waals surface area (Å²) in [6, 6.07) is -0.896. The fourth-order valence-corrected chi connectivity index (χ4v) is 4.79. The Morgan fingerprint density at radius 1 is 1.29 bits per heavy atom. The van der Waals surface area contributed by atoms with Crippen LogP contribution in [0.3, 0.4) is 0 Å². The molecule has 2 heterocycles. The third-order valence-corrected chi connectivity index (χ3v) is 6.44. The van der Waals surface area contributed by atoms with Crippen LogP contribution in [-0.2, 0) is 9.59 Å². The van der Waals surface area contributed by atoms with Gasteiger partial charge in [-0.3, -0.25) is 9.48 Å². The summed E-state index contributed by atoms with van der Waals surface area (Å²) >= 11 is 3.46. The molecule has 0 aromatic carbocycles. The zero-order valence-corrected chi connectivity index (χ0v) is 18.7. The van der Waals surface area contributed by atoms with Gasteiger partial charge in [-0.2, -0.15) is 10.1 Å². The number of halogens is 1. The smallest absolute Gasteiger partial charge is 0.328 e. The van der Waals surface area contributed by atoms with Crippen LogP contribution >= 0.6 is 15.9 Å². The van der Waals surface area contributed by atoms with Crippen molar-refractivity contribution in [2.45, 2.75) is 32.4 Å². The molecule has 0 radical (unpaired) electrons. The molecule has 5 N–H and O–H groups in total. The fourth-order valence-electron chi connectivity index (χ4n) is 4.48. The number of rotatable bonds is 8. The van der Waals surface area contributed by atoms with E-state index >= 15 is 0 Å². The number of fused-ring (bicyclic) bond motifs is 2. The molecule has 10 nitrogen and oxygen atoms in total. The number of nitrogens with zero attached hydrogens (tertiary/aromatic N) is 4. The molecule has 4 rings (SSSR count). The van der Waals surface area contributed by atoms with Crippen molar-refractivity contribution in [1.82, 2.24) is 19.7 Å². The minimum atomic E-state index is -0.944. The van der Waals surface area contributed by atoms with E-state index in [0.717, 1.165) is 6.42 Å². The molecule has 31 heavy (non-hydrogen) atoms. The number of amides is 1. The normalized spacial score (nSPS) is 25.0. The van der Waals surface area contributed by atoms with E-state index in [1.165, 1.54) is 10.9 Å². The van der Waals surface area contributed by atoms with Gasteiger partial charge in [-0.1, -0.05) is 26.0 Å². The van der Waals surface area contributed by atoms with Crippen LogP contribution in [0.1, 0.15) is 26.3 Å². The largest absolute Gasteiger partial charge is 0.480 e. The molecule has 0 aliphatic heterocycles. The van der Waals surface area contributed by atoms with Crippen LogP contribution in [0.5, 0.6) is 0 Å². The molecule has 2 bridgehead atoms. The summed E-state index contributed by atoms with van der Waals surface area (Å²) in [5, 5.41) is 20.0. The SMILES string of the molecule is CC(C)C(C(=O)O)n1cc(Nc2ncc(Br)c(N[C@H]3[C@@H](C(N)=O)[C@@H]4C=C[C@H]3C4)n2)cn1. The molecule has 11 heteroatoms. The first-order valence-electron chi connectivity index (χ1n) is 10.0. The number of allylic oxidation sites excluding steroid dienone is 1. The second kappa shape index (κ2) is 8.29. The Labute approximate surface area is 187 Å². The Hall–Kier alpha value is -2.95. The third-order valence-electron chi connectivity index (χ3n) is 5.86. The molecule has 2 aromatic heterocycles. The van der Waals surface area contributed by atoms with E-state index in [-0.39, 0.29) is 35.6 Å². The van der Waals surface area contributed by atoms with Crippen molar-refractivity contribution in [2.75, 3.05) is 10.6 Å². The Morgan fingerprint density at radius 3 is 2.71 bits per heavy atom. The molecular weight excluding hydrogens is 466 g/mol. The Balaban J connectivity index is 1.52. The second-order valence-corrected chi connectivity index (χ2v) is 9.15. The number of nitrogens with two attached hydrogens (primary N) is 1. The first-order valence-corrected chi connectivity index (χ1v) is 10.8. The van der Waals surface area contributed by atoms with Gasteiger partial charge in [0, 0.05) is 18.4 Å². The summed E-state index contributed by atoms with van der Waals surface area (Å²) < 4.78 is 2.07. The van der Waals surface area contributed by atoms with Gasteiger partial charge >= 0.3 is 5.97 Å². The van der Waals surface area contributed by atoms with Crippen LogP contribution in [0.4, 0.5) is 17.5 Å². The zero-order chi connectivity index (χ0) is 22.3. The van der Waals surface area contributed by atoms with Crippen LogP contribution < -0.4 is 16.4 Å². The minimum absolute atomic E-state index is 0.126. The molecule has 2 aliphatic carbocycles. The number of hydrogen-bond donors (Lipinski definition) is 4. The monoisotopic (exact) mass is 489 g/mol. The first kappa shape index (κ1) is 21.3. The number of aromatic nitrogens is 4. The van der Waals surface area contributed by atoms with E-state index in [4.69, 9.17) is 5.73 Å². The van der Waals surface area contributed by atoms with Crippen LogP contribution in [-0.4, -0.2) is 42.8 Å². The van der Waals surface area contributed by atoms with Crippen LogP contribution in [0.2, 0.25) is 0 Å². The number of carboxylic acids is 1. The van der Waals surface area contributed by atoms with Gasteiger partial charge in [0.1, 0.15) is 5.82 Å². The van der Waals surface area contributed by atoms with Crippen molar-refractivity contribution >= 4 is 45.3 Å². The molecule has 2 aliphatic rings. The minimum Gasteiger partial charge on any atom is -0.480 e. The molecule has 2 aromatic rings. The molecule has 1 amide bonds. The van der Waals surface area contributed by atoms with Gasteiger partial charge < -0.3 is 21.5 Å². The molecule has 1 saturated carbocycles. The van der Waals surface area contributed by atoms with Crippen molar-refractivity contribution < 1.29 is 14.7 Å². The maximum Gasteiger partial charge on any atom is 0.328 e. The lowest BCUT2D eigenvalue weighted by Crippen LogP contribution is -2.41. The average Bonchev–Trinajstić information content (AvgIpc) is 3.40. The molecule has 1 fully saturated rings. The highest BCUT2D eigenvalue weighted by atomic mass is 79.9. The number of nitrogens with one attached hydrogen (secondary N) is 2. The van der Waals surface area contributed by atoms with Crippen molar-refractivity contribution in [2.24, 2.45) is 29.4 Å². The molecule has 1 unspecified atom stereocenters. The molecule has 5 atom stereocenters. The van der Waals surface area contributed by atoms with Crippen molar-refractivity contribution in [3.8, 4) is 0 Å². The fraction of sp³-hybridized carbons (Fsp3) is 0.450. The standard InChI is InChI=1S/C20H24BrN7O3/c1-9(2)16(19(30)31)28-8-12(6-24-28)25-20-23-7-13(21)18(27-20)26-15-11-4-3-10(5-11)14(15)17(22)29/h3-4,6-11,14-16H,5H2,1-2H3,(H2,22,29)(H,30,31)(H2,23,25,26,27)/t10-,11+,14+,15-,16?/m1/s1. The highest BCUT2D eigenvalue weighted by molar-refractivity contribution is 9.10. The van der Waals surface area contributed by atoms with E-state index in [1.54, 1.807) is 12.4 Å². The van der Waals surface area contributed by atoms with Gasteiger partial charge in [-0.05, 0) is 40.1 Å². The number of hydrogen-bond acceptors (Lipinski definition) is 7. The third kappa shape index (κ3) is 4.14. The maximum absolute atomic E-state index is 12.0. The summed E-state index contributed by atoms with van der Waals surface area (Å²) in [5.41, 5.74) is 6.21. The second-order valence-electron chi connectivity index (χ2n) is 8.30. The lowest BCUT2D eigenvalue weighted by Gasteiger charge is -2.27. The van der Waals surface area contributed by atoms with Crippen molar-refractivity contribution in [3.05, 3.63) is 35.2 Å². The maximum atomic E-state index is 12.0. The number of anilines is 3. The predicted molar refractivity (Wildman–Crippen MR) is 118 cm³/mol. The summed E-state index contributed by atoms with van der Waals surface area (Å²) in [5.74, 6) is -0.420. The lowest BCUT2D eigenvalue weighted by atomic mass is 9.88. The summed E-state index contributed by atoms with van der Waals surface area (Å²) in [4.78, 5) is 32.3. The van der Waals surface area contributed by atoms with E-state index < -0.39 is 12.0 Å². The average molecular weight is 490 g/mol. The zero-order valence-electron chi connectivity index (χ0n) is 17.1. The highest BCUT2D eigenvalue weighted by Gasteiger charge is 2.47. The Kier molecular flexibility index (Phi) is 5.69. The number of carbonyl (C=O) groups is 2. The predicted octanol–water partition coefficient (Wildman–Crippen LogP) is 2.55. The van der Waals surface area contributed by atoms with Gasteiger partial charge in [0.25, 0.3) is 0 Å². The molecule has 0 saturated heterocycles. The number of carboxylic acid groups (broad SMARTS) is 1. The van der Waals surface area contributed by atoms with Gasteiger partial charge in [0.05, 0.1) is 22.3 Å². The highest BCUT2D eigenvalue weighted by Crippen LogP contribution is 2.45. The van der Waals surface area contributed by atoms with E-state index in [1.807, 2.05) is 13.8 Å². The van der Waals surface area contributed by atoms with Crippen LogP contribution in [0.15, 0.2) is 35.2 Å². The Morgan fingerprint density at radius 2 is 2.03 bits per heavy atom. The number of aliphatic carboxylic acids is 1. The summed E-state index contributed by atoms with van der Waals surface area (Å²) in [6.45, 7) is 3.65. The van der Waals surface area contributed by atoms with Crippen LogP contribution in [0, 0.1) is 23.7 Å². The number of carbonyl (C=O) groups excluding carboxylic acids is 1. The van der Waals surface area contributed by atoms with Gasteiger partial charge in [-0.25, -0.2) is 9.78 Å². The summed E-state index contributed by atoms with van der Waals surface area (Å²) in [7, 11) is 0. The topological polar surface area (TPSA) is 148 Å². The summed E-state index contributed by atoms with van der Waals surface area (Å²) in [6.07, 6.45) is 9.84. The lowest BCUT2D eigenvalue weighted by molar-refractivity contribution is -0.142. The quantitative estimate of drug-likeness (QED) is 0.413. The van der Waals surface area contributed by atoms with Gasteiger partial charge in [0.2, 0.25) is 11.9 Å². The first-order chi connectivity index (χ1) is 14.7. The van der Waals surface area contributed by atoms with E-state index in [2.05, 4.69) is 53.8 Å². The molecule has 164 valence electrons. The molecular formula is C20H24BrN7O3. The Bertz CT molecular complexity index is 1040.